The van der Waals surface area contributed by atoms with Crippen molar-refractivity contribution >= 4 is 10.0 Å². The summed E-state index contributed by atoms with van der Waals surface area (Å²) in [5.41, 5.74) is 1.08. The molecule has 2 rings (SSSR count). The van der Waals surface area contributed by atoms with Gasteiger partial charge in [0.2, 0.25) is 10.0 Å². The smallest absolute Gasteiger partial charge is 0.238 e. The minimum atomic E-state index is -3.80. The van der Waals surface area contributed by atoms with Crippen molar-refractivity contribution in [3.63, 3.8) is 0 Å². The average molecular weight is 364 g/mol. The van der Waals surface area contributed by atoms with Crippen LogP contribution in [-0.4, -0.2) is 33.2 Å². The summed E-state index contributed by atoms with van der Waals surface area (Å²) >= 11 is 0. The first-order chi connectivity index (χ1) is 11.9. The first kappa shape index (κ1) is 19.4. The van der Waals surface area contributed by atoms with Gasteiger partial charge in [0.25, 0.3) is 0 Å². The second-order valence-electron chi connectivity index (χ2n) is 5.80. The van der Waals surface area contributed by atoms with Crippen molar-refractivity contribution in [1.82, 2.24) is 5.32 Å². The van der Waals surface area contributed by atoms with Crippen LogP contribution in [0.3, 0.4) is 0 Å². The van der Waals surface area contributed by atoms with Gasteiger partial charge in [-0.3, -0.25) is 0 Å². The van der Waals surface area contributed by atoms with E-state index in [0.29, 0.717) is 30.8 Å². The van der Waals surface area contributed by atoms with Gasteiger partial charge in [-0.05, 0) is 49.2 Å². The van der Waals surface area contributed by atoms with Gasteiger partial charge in [-0.2, -0.15) is 0 Å². The molecule has 0 aromatic heterocycles. The monoisotopic (exact) mass is 364 g/mol. The Balaban J connectivity index is 1.76. The SMILES string of the molecule is Cc1ccc(C(O)CNCCCOc2ccccc2)cc1S(N)(=O)=O. The molecule has 1 atom stereocenters. The minimum absolute atomic E-state index is 0.0420. The highest BCUT2D eigenvalue weighted by molar-refractivity contribution is 7.89. The van der Waals surface area contributed by atoms with E-state index in [2.05, 4.69) is 5.32 Å². The molecule has 0 radical (unpaired) electrons. The molecule has 2 aromatic carbocycles. The molecule has 7 heteroatoms. The van der Waals surface area contributed by atoms with Gasteiger partial charge in [0, 0.05) is 6.54 Å². The number of aryl methyl sites for hydroxylation is 1. The molecule has 6 nitrogen and oxygen atoms in total. The highest BCUT2D eigenvalue weighted by Gasteiger charge is 2.15. The van der Waals surface area contributed by atoms with Crippen molar-refractivity contribution < 1.29 is 18.3 Å². The lowest BCUT2D eigenvalue weighted by molar-refractivity contribution is 0.173. The van der Waals surface area contributed by atoms with E-state index >= 15 is 0 Å². The zero-order valence-corrected chi connectivity index (χ0v) is 15.0. The zero-order chi connectivity index (χ0) is 18.3. The molecule has 4 N–H and O–H groups in total. The lowest BCUT2D eigenvalue weighted by atomic mass is 10.1. The van der Waals surface area contributed by atoms with Crippen LogP contribution >= 0.6 is 0 Å². The number of aliphatic hydroxyl groups excluding tert-OH is 1. The van der Waals surface area contributed by atoms with Crippen molar-refractivity contribution in [2.75, 3.05) is 19.7 Å². The minimum Gasteiger partial charge on any atom is -0.494 e. The molecule has 0 spiro atoms. The third kappa shape index (κ3) is 6.13. The second kappa shape index (κ2) is 8.96. The lowest BCUT2D eigenvalue weighted by Gasteiger charge is -2.14. The largest absolute Gasteiger partial charge is 0.494 e. The van der Waals surface area contributed by atoms with Crippen LogP contribution in [0.25, 0.3) is 0 Å². The molecule has 0 saturated heterocycles. The Bertz CT molecular complexity index is 779. The van der Waals surface area contributed by atoms with E-state index in [-0.39, 0.29) is 4.90 Å². The third-order valence-corrected chi connectivity index (χ3v) is 4.80. The van der Waals surface area contributed by atoms with Crippen molar-refractivity contribution in [3.8, 4) is 5.75 Å². The summed E-state index contributed by atoms with van der Waals surface area (Å²) in [4.78, 5) is 0.0420. The summed E-state index contributed by atoms with van der Waals surface area (Å²) < 4.78 is 28.7. The van der Waals surface area contributed by atoms with Crippen LogP contribution in [-0.2, 0) is 10.0 Å². The molecule has 0 saturated carbocycles. The van der Waals surface area contributed by atoms with E-state index in [1.54, 1.807) is 19.1 Å². The number of sulfonamides is 1. The number of rotatable bonds is 9. The fourth-order valence-corrected chi connectivity index (χ4v) is 3.21. The predicted molar refractivity (Wildman–Crippen MR) is 96.9 cm³/mol. The average Bonchev–Trinajstić information content (AvgIpc) is 2.58. The summed E-state index contributed by atoms with van der Waals surface area (Å²) in [5.74, 6) is 0.831. The fourth-order valence-electron chi connectivity index (χ4n) is 2.39. The Kier molecular flexibility index (Phi) is 6.95. The van der Waals surface area contributed by atoms with Crippen LogP contribution in [0, 0.1) is 6.92 Å². The van der Waals surface area contributed by atoms with E-state index in [4.69, 9.17) is 9.88 Å². The molecule has 0 fully saturated rings. The van der Waals surface area contributed by atoms with Gasteiger partial charge in [0.05, 0.1) is 17.6 Å². The maximum absolute atomic E-state index is 11.5. The molecule has 0 amide bonds. The molecule has 136 valence electrons. The summed E-state index contributed by atoms with van der Waals surface area (Å²) in [6.07, 6.45) is -0.0195. The van der Waals surface area contributed by atoms with Gasteiger partial charge in [-0.1, -0.05) is 30.3 Å². The fraction of sp³-hybridized carbons (Fsp3) is 0.333. The third-order valence-electron chi connectivity index (χ3n) is 3.75. The van der Waals surface area contributed by atoms with E-state index in [1.807, 2.05) is 30.3 Å². The van der Waals surface area contributed by atoms with E-state index in [1.165, 1.54) is 6.07 Å². The number of hydrogen-bond acceptors (Lipinski definition) is 5. The molecular weight excluding hydrogens is 340 g/mol. The van der Waals surface area contributed by atoms with Crippen molar-refractivity contribution in [1.29, 1.82) is 0 Å². The molecule has 0 bridgehead atoms. The number of para-hydroxylation sites is 1. The van der Waals surface area contributed by atoms with Gasteiger partial charge >= 0.3 is 0 Å². The van der Waals surface area contributed by atoms with Crippen LogP contribution in [0.15, 0.2) is 53.4 Å². The molecular formula is C18H24N2O4S. The molecule has 0 aliphatic heterocycles. The number of benzene rings is 2. The normalized spacial score (nSPS) is 12.8. The molecule has 0 aliphatic carbocycles. The molecule has 25 heavy (non-hydrogen) atoms. The van der Waals surface area contributed by atoms with Crippen LogP contribution in [0.5, 0.6) is 5.75 Å². The Labute approximate surface area is 148 Å². The standard InChI is InChI=1S/C18H24N2O4S/c1-14-8-9-15(12-18(14)25(19,22)23)17(21)13-20-10-5-11-24-16-6-3-2-4-7-16/h2-4,6-9,12,17,20-21H,5,10-11,13H2,1H3,(H2,19,22,23). The van der Waals surface area contributed by atoms with E-state index in [9.17, 15) is 13.5 Å². The van der Waals surface area contributed by atoms with Gasteiger partial charge in [-0.25, -0.2) is 13.6 Å². The molecule has 0 heterocycles. The summed E-state index contributed by atoms with van der Waals surface area (Å²) in [6.45, 7) is 3.24. The van der Waals surface area contributed by atoms with Crippen molar-refractivity contribution in [2.24, 2.45) is 5.14 Å². The summed E-state index contributed by atoms with van der Waals surface area (Å²) in [6, 6.07) is 14.3. The van der Waals surface area contributed by atoms with E-state index in [0.717, 1.165) is 12.2 Å². The molecule has 2 aromatic rings. The Hall–Kier alpha value is -1.93. The van der Waals surface area contributed by atoms with E-state index < -0.39 is 16.1 Å². The van der Waals surface area contributed by atoms with Crippen molar-refractivity contribution in [2.45, 2.75) is 24.3 Å². The van der Waals surface area contributed by atoms with Crippen LogP contribution in [0.4, 0.5) is 0 Å². The van der Waals surface area contributed by atoms with Gasteiger partial charge in [0.1, 0.15) is 5.75 Å². The van der Waals surface area contributed by atoms with Gasteiger partial charge < -0.3 is 15.2 Å². The number of nitrogens with one attached hydrogen (secondary N) is 1. The van der Waals surface area contributed by atoms with Crippen LogP contribution < -0.4 is 15.2 Å². The second-order valence-corrected chi connectivity index (χ2v) is 7.33. The Morgan fingerprint density at radius 3 is 2.60 bits per heavy atom. The number of nitrogens with two attached hydrogens (primary N) is 1. The van der Waals surface area contributed by atoms with Gasteiger partial charge in [0.15, 0.2) is 0 Å². The summed E-state index contributed by atoms with van der Waals surface area (Å²) in [5, 5.41) is 18.5. The van der Waals surface area contributed by atoms with Gasteiger partial charge in [-0.15, -0.1) is 0 Å². The first-order valence-electron chi connectivity index (χ1n) is 8.08. The highest BCUT2D eigenvalue weighted by Crippen LogP contribution is 2.20. The Morgan fingerprint density at radius 2 is 1.92 bits per heavy atom. The first-order valence-corrected chi connectivity index (χ1v) is 9.62. The quantitative estimate of drug-likeness (QED) is 0.588. The number of primary sulfonamides is 1. The summed E-state index contributed by atoms with van der Waals surface area (Å²) in [7, 11) is -3.80. The topological polar surface area (TPSA) is 102 Å². The highest BCUT2D eigenvalue weighted by atomic mass is 32.2. The van der Waals surface area contributed by atoms with Crippen molar-refractivity contribution in [3.05, 3.63) is 59.7 Å². The number of aliphatic hydroxyl groups is 1. The maximum atomic E-state index is 11.5. The molecule has 0 aliphatic rings. The predicted octanol–water partition coefficient (Wildman–Crippen LogP) is 1.73. The number of ether oxygens (including phenoxy) is 1. The number of hydrogen-bond donors (Lipinski definition) is 3. The Morgan fingerprint density at radius 1 is 1.20 bits per heavy atom. The van der Waals surface area contributed by atoms with Crippen LogP contribution in [0.2, 0.25) is 0 Å². The lowest BCUT2D eigenvalue weighted by Crippen LogP contribution is -2.24. The maximum Gasteiger partial charge on any atom is 0.238 e. The molecule has 1 unspecified atom stereocenters. The van der Waals surface area contributed by atoms with Crippen LogP contribution in [0.1, 0.15) is 23.7 Å². The zero-order valence-electron chi connectivity index (χ0n) is 14.2.